The Kier molecular flexibility index (Phi) is 3.15. The van der Waals surface area contributed by atoms with Crippen LogP contribution in [0.25, 0.3) is 11.0 Å². The van der Waals surface area contributed by atoms with Gasteiger partial charge in [0.15, 0.2) is 5.58 Å². The number of aromatic nitrogens is 1. The quantitative estimate of drug-likeness (QED) is 0.804. The number of nitrogens with one attached hydrogen (secondary N) is 1. The normalized spacial score (nSPS) is 20.0. The summed E-state index contributed by atoms with van der Waals surface area (Å²) in [7, 11) is 0. The van der Waals surface area contributed by atoms with Gasteiger partial charge >= 0.3 is 0 Å². The van der Waals surface area contributed by atoms with Crippen molar-refractivity contribution >= 4 is 16.9 Å². The van der Waals surface area contributed by atoms with Crippen molar-refractivity contribution in [1.82, 2.24) is 10.5 Å². The van der Waals surface area contributed by atoms with Crippen molar-refractivity contribution in [2.75, 3.05) is 0 Å². The van der Waals surface area contributed by atoms with Gasteiger partial charge in [-0.25, -0.2) is 0 Å². The van der Waals surface area contributed by atoms with E-state index in [1.54, 1.807) is 0 Å². The third kappa shape index (κ3) is 2.48. The number of para-hydroxylation sites is 1. The zero-order valence-corrected chi connectivity index (χ0v) is 12.0. The van der Waals surface area contributed by atoms with Crippen LogP contribution in [0.3, 0.4) is 0 Å². The van der Waals surface area contributed by atoms with E-state index in [-0.39, 0.29) is 18.4 Å². The molecule has 3 aromatic rings. The summed E-state index contributed by atoms with van der Waals surface area (Å²) < 4.78 is 5.23. The molecular weight excluding hydrogens is 276 g/mol. The fourth-order valence-electron chi connectivity index (χ4n) is 2.90. The third-order valence-electron chi connectivity index (χ3n) is 4.14. The van der Waals surface area contributed by atoms with Gasteiger partial charge in [-0.15, -0.1) is 0 Å². The van der Waals surface area contributed by atoms with Gasteiger partial charge < -0.3 is 9.84 Å². The summed E-state index contributed by atoms with van der Waals surface area (Å²) in [6.45, 7) is 0. The van der Waals surface area contributed by atoms with Gasteiger partial charge in [-0.2, -0.15) is 0 Å². The monoisotopic (exact) mass is 292 g/mol. The second-order valence-corrected chi connectivity index (χ2v) is 5.73. The van der Waals surface area contributed by atoms with Crippen LogP contribution in [0.5, 0.6) is 0 Å². The summed E-state index contributed by atoms with van der Waals surface area (Å²) in [6, 6.07) is 18.2. The van der Waals surface area contributed by atoms with E-state index >= 15 is 0 Å². The van der Waals surface area contributed by atoms with Crippen molar-refractivity contribution in [2.45, 2.75) is 24.8 Å². The molecule has 0 aliphatic heterocycles. The highest BCUT2D eigenvalue weighted by Crippen LogP contribution is 2.40. The van der Waals surface area contributed by atoms with Crippen molar-refractivity contribution in [3.05, 3.63) is 65.9 Å². The number of fused-ring (bicyclic) bond motifs is 1. The Hall–Kier alpha value is -2.62. The number of hydrogen-bond acceptors (Lipinski definition) is 3. The van der Waals surface area contributed by atoms with Gasteiger partial charge in [0.1, 0.15) is 5.69 Å². The van der Waals surface area contributed by atoms with Gasteiger partial charge in [0.25, 0.3) is 0 Å². The Morgan fingerprint density at radius 2 is 1.91 bits per heavy atom. The molecule has 1 N–H and O–H groups in total. The van der Waals surface area contributed by atoms with Gasteiger partial charge in [0, 0.05) is 17.3 Å². The summed E-state index contributed by atoms with van der Waals surface area (Å²) in [5, 5.41) is 8.00. The molecule has 22 heavy (non-hydrogen) atoms. The van der Waals surface area contributed by atoms with Gasteiger partial charge in [0.2, 0.25) is 5.91 Å². The van der Waals surface area contributed by atoms with Crippen LogP contribution < -0.4 is 5.32 Å². The van der Waals surface area contributed by atoms with Crippen LogP contribution in [0.2, 0.25) is 0 Å². The lowest BCUT2D eigenvalue weighted by molar-refractivity contribution is -0.120. The molecule has 1 heterocycles. The highest BCUT2D eigenvalue weighted by molar-refractivity contribution is 5.86. The molecular formula is C18H16N2O2. The third-order valence-corrected chi connectivity index (χ3v) is 4.14. The predicted molar refractivity (Wildman–Crippen MR) is 83.4 cm³/mol. The van der Waals surface area contributed by atoms with Crippen molar-refractivity contribution in [3.63, 3.8) is 0 Å². The standard InChI is InChI=1S/C18H16N2O2/c21-18(11-16-13-8-4-5-9-17(13)22-20-16)19-15-10-14(15)12-6-2-1-3-7-12/h1-9,14-15H,10-11H2,(H,19,21). The molecule has 1 aliphatic carbocycles. The smallest absolute Gasteiger partial charge is 0.226 e. The Balaban J connectivity index is 1.40. The number of hydrogen-bond donors (Lipinski definition) is 1. The Morgan fingerprint density at radius 1 is 1.14 bits per heavy atom. The molecule has 0 bridgehead atoms. The molecule has 1 fully saturated rings. The SMILES string of the molecule is O=C(Cc1noc2ccccc12)NC1CC1c1ccccc1. The first-order chi connectivity index (χ1) is 10.8. The van der Waals surface area contributed by atoms with E-state index in [2.05, 4.69) is 22.6 Å². The first-order valence-corrected chi connectivity index (χ1v) is 7.49. The summed E-state index contributed by atoms with van der Waals surface area (Å²) in [6.07, 6.45) is 1.27. The summed E-state index contributed by atoms with van der Waals surface area (Å²) in [4.78, 5) is 12.2. The van der Waals surface area contributed by atoms with Crippen LogP contribution in [0.4, 0.5) is 0 Å². The number of carbonyl (C=O) groups excluding carboxylic acids is 1. The first kappa shape index (κ1) is 13.1. The minimum absolute atomic E-state index is 0.00230. The van der Waals surface area contributed by atoms with Crippen LogP contribution in [-0.2, 0) is 11.2 Å². The van der Waals surface area contributed by atoms with Gasteiger partial charge in [0.05, 0.1) is 6.42 Å². The van der Waals surface area contributed by atoms with E-state index in [0.29, 0.717) is 11.6 Å². The van der Waals surface area contributed by atoms with Gasteiger partial charge in [-0.05, 0) is 24.1 Å². The molecule has 0 radical (unpaired) electrons. The second kappa shape index (κ2) is 5.30. The van der Waals surface area contributed by atoms with Crippen molar-refractivity contribution in [1.29, 1.82) is 0 Å². The molecule has 2 unspecified atom stereocenters. The van der Waals surface area contributed by atoms with Crippen LogP contribution in [-0.4, -0.2) is 17.1 Å². The van der Waals surface area contributed by atoms with E-state index in [9.17, 15) is 4.79 Å². The van der Waals surface area contributed by atoms with Crippen LogP contribution in [0.15, 0.2) is 59.1 Å². The molecule has 0 saturated heterocycles. The van der Waals surface area contributed by atoms with E-state index in [0.717, 1.165) is 17.4 Å². The molecule has 2 aromatic carbocycles. The molecule has 1 aliphatic rings. The lowest BCUT2D eigenvalue weighted by Gasteiger charge is -2.03. The fourth-order valence-corrected chi connectivity index (χ4v) is 2.90. The Morgan fingerprint density at radius 3 is 2.77 bits per heavy atom. The average Bonchev–Trinajstić information content (AvgIpc) is 3.20. The number of nitrogens with zero attached hydrogens (tertiary/aromatic N) is 1. The second-order valence-electron chi connectivity index (χ2n) is 5.73. The average molecular weight is 292 g/mol. The molecule has 4 rings (SSSR count). The predicted octanol–water partition coefficient (Wildman–Crippen LogP) is 3.04. The zero-order chi connectivity index (χ0) is 14.9. The molecule has 2 atom stereocenters. The van der Waals surface area contributed by atoms with E-state index in [4.69, 9.17) is 4.52 Å². The largest absolute Gasteiger partial charge is 0.356 e. The minimum Gasteiger partial charge on any atom is -0.356 e. The fraction of sp³-hybridized carbons (Fsp3) is 0.222. The van der Waals surface area contributed by atoms with Gasteiger partial charge in [-0.1, -0.05) is 47.6 Å². The van der Waals surface area contributed by atoms with E-state index in [1.165, 1.54) is 5.56 Å². The summed E-state index contributed by atoms with van der Waals surface area (Å²) in [5.74, 6) is 0.446. The summed E-state index contributed by atoms with van der Waals surface area (Å²) >= 11 is 0. The Bertz CT molecular complexity index is 810. The topological polar surface area (TPSA) is 55.1 Å². The number of amides is 1. The molecule has 1 amide bonds. The maximum absolute atomic E-state index is 12.2. The van der Waals surface area contributed by atoms with E-state index in [1.807, 2.05) is 42.5 Å². The molecule has 1 aromatic heterocycles. The van der Waals surface area contributed by atoms with E-state index < -0.39 is 0 Å². The molecule has 4 heteroatoms. The van der Waals surface area contributed by atoms with Crippen LogP contribution >= 0.6 is 0 Å². The number of rotatable bonds is 4. The molecule has 4 nitrogen and oxygen atoms in total. The highest BCUT2D eigenvalue weighted by atomic mass is 16.5. The first-order valence-electron chi connectivity index (χ1n) is 7.49. The van der Waals surface area contributed by atoms with Crippen LogP contribution in [0.1, 0.15) is 23.6 Å². The maximum atomic E-state index is 12.2. The zero-order valence-electron chi connectivity index (χ0n) is 12.0. The Labute approximate surface area is 128 Å². The van der Waals surface area contributed by atoms with Crippen molar-refractivity contribution in [3.8, 4) is 0 Å². The van der Waals surface area contributed by atoms with Crippen molar-refractivity contribution in [2.24, 2.45) is 0 Å². The number of benzene rings is 2. The minimum atomic E-state index is 0.00230. The van der Waals surface area contributed by atoms with Gasteiger partial charge in [-0.3, -0.25) is 4.79 Å². The number of carbonyl (C=O) groups is 1. The lowest BCUT2D eigenvalue weighted by atomic mass is 10.1. The lowest BCUT2D eigenvalue weighted by Crippen LogP contribution is -2.28. The molecule has 0 spiro atoms. The van der Waals surface area contributed by atoms with Crippen molar-refractivity contribution < 1.29 is 9.32 Å². The highest BCUT2D eigenvalue weighted by Gasteiger charge is 2.39. The van der Waals surface area contributed by atoms with Crippen LogP contribution in [0, 0.1) is 0 Å². The maximum Gasteiger partial charge on any atom is 0.226 e. The molecule has 1 saturated carbocycles. The molecule has 110 valence electrons. The summed E-state index contributed by atoms with van der Waals surface area (Å²) in [5.41, 5.74) is 2.71.